The minimum Gasteiger partial charge on any atom is -0.444 e. The predicted molar refractivity (Wildman–Crippen MR) is 92.3 cm³/mol. The molecule has 1 aliphatic heterocycles. The lowest BCUT2D eigenvalue weighted by molar-refractivity contribution is 0.00859. The first kappa shape index (κ1) is 20.1. The van der Waals surface area contributed by atoms with E-state index in [1.807, 2.05) is 0 Å². The molecule has 0 aromatic heterocycles. The molecule has 1 atom stereocenters. The summed E-state index contributed by atoms with van der Waals surface area (Å²) >= 11 is 0. The zero-order valence-electron chi connectivity index (χ0n) is 15.2. The summed E-state index contributed by atoms with van der Waals surface area (Å²) < 4.78 is 45.7. The number of piperazine rings is 1. The molecule has 0 N–H and O–H groups in total. The van der Waals surface area contributed by atoms with Gasteiger partial charge in [-0.1, -0.05) is 0 Å². The van der Waals surface area contributed by atoms with Crippen molar-refractivity contribution in [3.63, 3.8) is 0 Å². The van der Waals surface area contributed by atoms with Gasteiger partial charge in [0.05, 0.1) is 5.56 Å². The number of nitrogens with zero attached hydrogens (tertiary/aromatic N) is 3. The molecular weight excluding hydrogens is 361 g/mol. The molecule has 1 heterocycles. The lowest BCUT2D eigenvalue weighted by Gasteiger charge is -2.39. The summed E-state index contributed by atoms with van der Waals surface area (Å²) in [5, 5.41) is 9.12. The molecule has 1 fully saturated rings. The molecule has 9 heteroatoms. The van der Waals surface area contributed by atoms with Gasteiger partial charge in [-0.3, -0.25) is 0 Å². The smallest absolute Gasteiger partial charge is 0.410 e. The minimum atomic E-state index is -4.05. The highest BCUT2D eigenvalue weighted by Gasteiger charge is 2.37. The van der Waals surface area contributed by atoms with Gasteiger partial charge in [-0.2, -0.15) is 9.57 Å². The number of hydrogen-bond acceptors (Lipinski definition) is 5. The van der Waals surface area contributed by atoms with Crippen molar-refractivity contribution >= 4 is 16.1 Å². The van der Waals surface area contributed by atoms with Gasteiger partial charge in [0.25, 0.3) is 0 Å². The number of amides is 1. The van der Waals surface area contributed by atoms with Gasteiger partial charge < -0.3 is 9.64 Å². The number of carbonyl (C=O) groups is 1. The second kappa shape index (κ2) is 7.21. The predicted octanol–water partition coefficient (Wildman–Crippen LogP) is 2.33. The van der Waals surface area contributed by atoms with Gasteiger partial charge in [-0.25, -0.2) is 17.6 Å². The lowest BCUT2D eigenvalue weighted by Crippen LogP contribution is -2.56. The van der Waals surface area contributed by atoms with E-state index < -0.39 is 33.6 Å². The van der Waals surface area contributed by atoms with Gasteiger partial charge in [0, 0.05) is 25.7 Å². The third-order valence-corrected chi connectivity index (χ3v) is 5.81. The maximum absolute atomic E-state index is 13.5. The fourth-order valence-corrected chi connectivity index (χ4v) is 4.34. The van der Waals surface area contributed by atoms with Crippen molar-refractivity contribution in [2.24, 2.45) is 0 Å². The Balaban J connectivity index is 2.22. The van der Waals surface area contributed by atoms with Crippen LogP contribution in [0, 0.1) is 17.1 Å². The largest absolute Gasteiger partial charge is 0.444 e. The Labute approximate surface area is 153 Å². The first-order valence-electron chi connectivity index (χ1n) is 8.15. The van der Waals surface area contributed by atoms with Crippen LogP contribution in [0.4, 0.5) is 9.18 Å². The summed E-state index contributed by atoms with van der Waals surface area (Å²) in [5.41, 5.74) is -0.767. The highest BCUT2D eigenvalue weighted by atomic mass is 32.2. The van der Waals surface area contributed by atoms with Gasteiger partial charge in [-0.15, -0.1) is 0 Å². The summed E-state index contributed by atoms with van der Waals surface area (Å²) in [4.78, 5) is 13.3. The van der Waals surface area contributed by atoms with Crippen molar-refractivity contribution in [2.45, 2.75) is 44.2 Å². The zero-order valence-corrected chi connectivity index (χ0v) is 16.0. The number of sulfonamides is 1. The number of carbonyl (C=O) groups excluding carboxylic acids is 1. The summed E-state index contributed by atoms with van der Waals surface area (Å²) in [7, 11) is -4.05. The molecule has 0 spiro atoms. The first-order valence-corrected chi connectivity index (χ1v) is 9.59. The Hall–Kier alpha value is -2.18. The van der Waals surface area contributed by atoms with Crippen molar-refractivity contribution < 1.29 is 22.3 Å². The van der Waals surface area contributed by atoms with Crippen LogP contribution in [0.5, 0.6) is 0 Å². The molecule has 142 valence electrons. The van der Waals surface area contributed by atoms with Crippen molar-refractivity contribution in [2.75, 3.05) is 19.6 Å². The van der Waals surface area contributed by atoms with Crippen LogP contribution in [0.3, 0.4) is 0 Å². The van der Waals surface area contributed by atoms with Gasteiger partial charge in [-0.05, 0) is 45.9 Å². The van der Waals surface area contributed by atoms with Crippen molar-refractivity contribution in [1.29, 1.82) is 5.26 Å². The van der Waals surface area contributed by atoms with Crippen molar-refractivity contribution in [1.82, 2.24) is 9.21 Å². The Morgan fingerprint density at radius 1 is 1.35 bits per heavy atom. The molecule has 0 aliphatic carbocycles. The summed E-state index contributed by atoms with van der Waals surface area (Å²) in [6, 6.07) is 4.38. The van der Waals surface area contributed by atoms with Crippen LogP contribution >= 0.6 is 0 Å². The second-order valence-electron chi connectivity index (χ2n) is 7.14. The quantitative estimate of drug-likeness (QED) is 0.782. The Bertz CT molecular complexity index is 843. The molecule has 1 aromatic rings. The molecule has 0 unspecified atom stereocenters. The Kier molecular flexibility index (Phi) is 5.58. The maximum atomic E-state index is 13.5. The standard InChI is InChI=1S/C17H22FN3O4S/c1-12-11-20(7-8-21(12)16(22)25-17(2,3)4)26(23,24)15-9-14(18)6-5-13(15)10-19/h5-6,9,12H,7-8,11H2,1-4H3/t12-/m1/s1. The SMILES string of the molecule is C[C@@H]1CN(S(=O)(=O)c2cc(F)ccc2C#N)CCN1C(=O)OC(C)(C)C. The molecule has 2 rings (SSSR count). The van der Waals surface area contributed by atoms with Gasteiger partial charge in [0.2, 0.25) is 10.0 Å². The van der Waals surface area contributed by atoms with Gasteiger partial charge >= 0.3 is 6.09 Å². The van der Waals surface area contributed by atoms with Crippen LogP contribution in [0.1, 0.15) is 33.3 Å². The normalized spacial score (nSPS) is 19.1. The monoisotopic (exact) mass is 383 g/mol. The van der Waals surface area contributed by atoms with E-state index in [-0.39, 0.29) is 30.1 Å². The summed E-state index contributed by atoms with van der Waals surface area (Å²) in [5.74, 6) is -0.733. The fraction of sp³-hybridized carbons (Fsp3) is 0.529. The Morgan fingerprint density at radius 3 is 2.54 bits per heavy atom. The van der Waals surface area contributed by atoms with Crippen LogP contribution in [-0.4, -0.2) is 55.0 Å². The number of nitriles is 1. The average molecular weight is 383 g/mol. The molecule has 1 saturated heterocycles. The van der Waals surface area contributed by atoms with Gasteiger partial charge in [0.1, 0.15) is 22.4 Å². The summed E-state index contributed by atoms with van der Waals surface area (Å²) in [6.07, 6.45) is -0.509. The second-order valence-corrected chi connectivity index (χ2v) is 9.04. The van der Waals surface area contributed by atoms with Crippen LogP contribution in [-0.2, 0) is 14.8 Å². The molecule has 26 heavy (non-hydrogen) atoms. The number of benzene rings is 1. The number of rotatable bonds is 2. The van der Waals surface area contributed by atoms with Crippen LogP contribution in [0.2, 0.25) is 0 Å². The van der Waals surface area contributed by atoms with E-state index in [0.717, 1.165) is 22.5 Å². The van der Waals surface area contributed by atoms with Crippen LogP contribution in [0.25, 0.3) is 0 Å². The topological polar surface area (TPSA) is 90.7 Å². The van der Waals surface area contributed by atoms with Gasteiger partial charge in [0.15, 0.2) is 0 Å². The molecule has 1 aliphatic rings. The van der Waals surface area contributed by atoms with Crippen LogP contribution in [0.15, 0.2) is 23.1 Å². The molecule has 1 aromatic carbocycles. The molecular formula is C17H22FN3O4S. The van der Waals surface area contributed by atoms with E-state index >= 15 is 0 Å². The molecule has 7 nitrogen and oxygen atoms in total. The maximum Gasteiger partial charge on any atom is 0.410 e. The van der Waals surface area contributed by atoms with Crippen LogP contribution < -0.4 is 0 Å². The molecule has 0 bridgehead atoms. The average Bonchev–Trinajstić information content (AvgIpc) is 2.52. The lowest BCUT2D eigenvalue weighted by atomic mass is 10.2. The van der Waals surface area contributed by atoms with E-state index in [2.05, 4.69) is 0 Å². The van der Waals surface area contributed by atoms with E-state index in [9.17, 15) is 17.6 Å². The van der Waals surface area contributed by atoms with E-state index in [0.29, 0.717) is 0 Å². The highest BCUT2D eigenvalue weighted by Crippen LogP contribution is 2.24. The first-order chi connectivity index (χ1) is 12.0. The van der Waals surface area contributed by atoms with Crippen molar-refractivity contribution in [3.05, 3.63) is 29.6 Å². The third-order valence-electron chi connectivity index (χ3n) is 3.90. The minimum absolute atomic E-state index is 0.0307. The van der Waals surface area contributed by atoms with Crippen molar-refractivity contribution in [3.8, 4) is 6.07 Å². The molecule has 1 amide bonds. The third kappa shape index (κ3) is 4.31. The Morgan fingerprint density at radius 2 is 2.00 bits per heavy atom. The van der Waals surface area contributed by atoms with E-state index in [1.165, 1.54) is 4.90 Å². The highest BCUT2D eigenvalue weighted by molar-refractivity contribution is 7.89. The fourth-order valence-electron chi connectivity index (χ4n) is 2.68. The number of hydrogen-bond donors (Lipinski definition) is 0. The van der Waals surface area contributed by atoms with E-state index in [4.69, 9.17) is 10.00 Å². The number of halogens is 1. The molecule has 0 radical (unpaired) electrons. The summed E-state index contributed by atoms with van der Waals surface area (Å²) in [6.45, 7) is 7.18. The number of ether oxygens (including phenoxy) is 1. The zero-order chi connectivity index (χ0) is 19.7. The molecule has 0 saturated carbocycles. The van der Waals surface area contributed by atoms with E-state index in [1.54, 1.807) is 33.8 Å².